The fourth-order valence-electron chi connectivity index (χ4n) is 1.67. The monoisotopic (exact) mass is 344 g/mol. The van der Waals surface area contributed by atoms with Gasteiger partial charge in [0.05, 0.1) is 75.0 Å². The van der Waals surface area contributed by atoms with Crippen molar-refractivity contribution >= 4 is 19.7 Å². The zero-order valence-corrected chi connectivity index (χ0v) is 15.2. The van der Waals surface area contributed by atoms with Crippen LogP contribution in [-0.2, 0) is 30.3 Å². The maximum Gasteiger partial charge on any atom is 0.0900 e. The van der Waals surface area contributed by atoms with Gasteiger partial charge in [-0.15, -0.1) is 11.3 Å². The van der Waals surface area contributed by atoms with Crippen molar-refractivity contribution in [2.45, 2.75) is 20.5 Å². The standard InChI is InChI=1S/C15H27NO5S.B/c1-13-15(22-14(2)16-13)12-21-11-10-20-9-8-19-7-6-18-5-4-17-3;/h4-12H2,1-3H3;. The van der Waals surface area contributed by atoms with Gasteiger partial charge in [0.25, 0.3) is 0 Å². The highest BCUT2D eigenvalue weighted by Gasteiger charge is 2.04. The number of hydrogen-bond acceptors (Lipinski definition) is 7. The van der Waals surface area contributed by atoms with Crippen LogP contribution in [0.4, 0.5) is 0 Å². The Kier molecular flexibility index (Phi) is 14.7. The third-order valence-corrected chi connectivity index (χ3v) is 3.83. The molecule has 1 heterocycles. The van der Waals surface area contributed by atoms with Crippen LogP contribution in [0.5, 0.6) is 0 Å². The van der Waals surface area contributed by atoms with E-state index in [9.17, 15) is 0 Å². The topological polar surface area (TPSA) is 59.0 Å². The second-order valence-corrected chi connectivity index (χ2v) is 5.91. The normalized spacial score (nSPS) is 10.7. The molecule has 0 spiro atoms. The van der Waals surface area contributed by atoms with Crippen molar-refractivity contribution in [3.63, 3.8) is 0 Å². The van der Waals surface area contributed by atoms with Gasteiger partial charge in [-0.2, -0.15) is 0 Å². The van der Waals surface area contributed by atoms with Gasteiger partial charge in [-0.1, -0.05) is 0 Å². The van der Waals surface area contributed by atoms with E-state index in [1.54, 1.807) is 18.4 Å². The average molecular weight is 344 g/mol. The lowest BCUT2D eigenvalue weighted by Gasteiger charge is -2.07. The summed E-state index contributed by atoms with van der Waals surface area (Å²) >= 11 is 1.68. The molecule has 6 nitrogen and oxygen atoms in total. The van der Waals surface area contributed by atoms with Gasteiger partial charge in [-0.3, -0.25) is 0 Å². The number of methoxy groups -OCH3 is 1. The van der Waals surface area contributed by atoms with E-state index in [1.807, 2.05) is 13.8 Å². The number of rotatable bonds is 14. The highest BCUT2D eigenvalue weighted by Crippen LogP contribution is 2.17. The van der Waals surface area contributed by atoms with Crippen molar-refractivity contribution in [2.75, 3.05) is 60.0 Å². The fourth-order valence-corrected chi connectivity index (χ4v) is 2.55. The van der Waals surface area contributed by atoms with Gasteiger partial charge in [0.1, 0.15) is 0 Å². The van der Waals surface area contributed by atoms with E-state index in [0.29, 0.717) is 59.5 Å². The van der Waals surface area contributed by atoms with Crippen LogP contribution in [0.15, 0.2) is 0 Å². The van der Waals surface area contributed by atoms with Crippen LogP contribution in [0.3, 0.4) is 0 Å². The number of nitrogens with zero attached hydrogens (tertiary/aromatic N) is 1. The molecule has 0 unspecified atom stereocenters. The first-order chi connectivity index (χ1) is 10.7. The summed E-state index contributed by atoms with van der Waals surface area (Å²) in [5, 5.41) is 1.08. The predicted octanol–water partition coefficient (Wildman–Crippen LogP) is 1.59. The SMILES string of the molecule is COCCOCCOCCOCCOCc1sc(C)nc1C.[B]. The summed E-state index contributed by atoms with van der Waals surface area (Å²) < 4.78 is 26.5. The Morgan fingerprint density at radius 1 is 0.783 bits per heavy atom. The molecule has 0 aromatic carbocycles. The number of aryl methyl sites for hydroxylation is 2. The molecule has 23 heavy (non-hydrogen) atoms. The van der Waals surface area contributed by atoms with E-state index in [2.05, 4.69) is 4.98 Å². The molecule has 131 valence electrons. The molecule has 0 amide bonds. The highest BCUT2D eigenvalue weighted by molar-refractivity contribution is 7.11. The van der Waals surface area contributed by atoms with Crippen LogP contribution in [0.25, 0.3) is 0 Å². The van der Waals surface area contributed by atoms with Crippen molar-refractivity contribution in [3.05, 3.63) is 15.6 Å². The summed E-state index contributed by atoms with van der Waals surface area (Å²) in [6.07, 6.45) is 0. The molecule has 1 aromatic heterocycles. The molecular weight excluding hydrogens is 317 g/mol. The van der Waals surface area contributed by atoms with Crippen molar-refractivity contribution in [3.8, 4) is 0 Å². The second kappa shape index (κ2) is 15.0. The lowest BCUT2D eigenvalue weighted by molar-refractivity contribution is -0.00932. The Labute approximate surface area is 145 Å². The van der Waals surface area contributed by atoms with Crippen LogP contribution >= 0.6 is 11.3 Å². The van der Waals surface area contributed by atoms with Crippen molar-refractivity contribution < 1.29 is 23.7 Å². The van der Waals surface area contributed by atoms with Crippen LogP contribution in [-0.4, -0.2) is 73.4 Å². The quantitative estimate of drug-likeness (QED) is 0.377. The van der Waals surface area contributed by atoms with Crippen LogP contribution in [0, 0.1) is 13.8 Å². The average Bonchev–Trinajstić information content (AvgIpc) is 2.82. The largest absolute Gasteiger partial charge is 0.382 e. The Bertz CT molecular complexity index is 392. The first kappa shape index (κ1) is 22.5. The zero-order chi connectivity index (χ0) is 16.0. The van der Waals surface area contributed by atoms with Gasteiger partial charge in [0.15, 0.2) is 0 Å². The molecule has 0 aliphatic heterocycles. The van der Waals surface area contributed by atoms with E-state index in [-0.39, 0.29) is 8.41 Å². The maximum absolute atomic E-state index is 5.57. The molecule has 0 bridgehead atoms. The maximum atomic E-state index is 5.57. The molecule has 0 saturated heterocycles. The molecule has 1 rings (SSSR count). The Morgan fingerprint density at radius 2 is 1.26 bits per heavy atom. The Hall–Kier alpha value is -0.505. The van der Waals surface area contributed by atoms with Gasteiger partial charge in [-0.25, -0.2) is 4.98 Å². The van der Waals surface area contributed by atoms with E-state index in [0.717, 1.165) is 10.7 Å². The minimum Gasteiger partial charge on any atom is -0.382 e. The van der Waals surface area contributed by atoms with Crippen molar-refractivity contribution in [2.24, 2.45) is 0 Å². The number of aromatic nitrogens is 1. The van der Waals surface area contributed by atoms with Crippen LogP contribution in [0.2, 0.25) is 0 Å². The van der Waals surface area contributed by atoms with E-state index < -0.39 is 0 Å². The van der Waals surface area contributed by atoms with Gasteiger partial charge in [0.2, 0.25) is 0 Å². The molecule has 0 fully saturated rings. The lowest BCUT2D eigenvalue weighted by Crippen LogP contribution is -2.12. The third-order valence-electron chi connectivity index (χ3n) is 2.78. The minimum absolute atomic E-state index is 0. The van der Waals surface area contributed by atoms with E-state index in [4.69, 9.17) is 23.7 Å². The molecule has 0 saturated carbocycles. The molecule has 1 aromatic rings. The molecule has 8 heteroatoms. The van der Waals surface area contributed by atoms with Crippen LogP contribution in [0.1, 0.15) is 15.6 Å². The number of thiazole rings is 1. The summed E-state index contributed by atoms with van der Waals surface area (Å²) in [4.78, 5) is 5.55. The lowest BCUT2D eigenvalue weighted by atomic mass is 10.4. The van der Waals surface area contributed by atoms with Gasteiger partial charge >= 0.3 is 0 Å². The van der Waals surface area contributed by atoms with Crippen LogP contribution < -0.4 is 0 Å². The molecule has 0 atom stereocenters. The summed E-state index contributed by atoms with van der Waals surface area (Å²) in [6.45, 7) is 9.30. The first-order valence-corrected chi connectivity index (χ1v) is 8.28. The molecule has 0 aliphatic rings. The zero-order valence-electron chi connectivity index (χ0n) is 14.3. The summed E-state index contributed by atoms with van der Waals surface area (Å²) in [5.41, 5.74) is 1.06. The van der Waals surface area contributed by atoms with Crippen molar-refractivity contribution in [1.82, 2.24) is 4.98 Å². The Morgan fingerprint density at radius 3 is 1.70 bits per heavy atom. The van der Waals surface area contributed by atoms with Gasteiger partial charge in [0, 0.05) is 15.5 Å². The third kappa shape index (κ3) is 11.6. The summed E-state index contributed by atoms with van der Waals surface area (Å²) in [6, 6.07) is 0. The molecule has 0 N–H and O–H groups in total. The number of ether oxygens (including phenoxy) is 5. The molecular formula is C15H27BNO5S. The van der Waals surface area contributed by atoms with Crippen molar-refractivity contribution in [1.29, 1.82) is 0 Å². The predicted molar refractivity (Wildman–Crippen MR) is 91.3 cm³/mol. The second-order valence-electron chi connectivity index (χ2n) is 4.62. The Balaban J connectivity index is 0.00000484. The first-order valence-electron chi connectivity index (χ1n) is 7.47. The minimum atomic E-state index is 0. The smallest absolute Gasteiger partial charge is 0.0900 e. The van der Waals surface area contributed by atoms with E-state index in [1.165, 1.54) is 4.88 Å². The van der Waals surface area contributed by atoms with E-state index >= 15 is 0 Å². The van der Waals surface area contributed by atoms with Gasteiger partial charge < -0.3 is 23.7 Å². The summed E-state index contributed by atoms with van der Waals surface area (Å²) in [5.74, 6) is 0. The fraction of sp³-hybridized carbons (Fsp3) is 0.800. The highest BCUT2D eigenvalue weighted by atomic mass is 32.1. The van der Waals surface area contributed by atoms with Gasteiger partial charge in [-0.05, 0) is 13.8 Å². The molecule has 0 aliphatic carbocycles. The summed E-state index contributed by atoms with van der Waals surface area (Å²) in [7, 11) is 1.65. The number of hydrogen-bond donors (Lipinski definition) is 0. The molecule has 3 radical (unpaired) electrons.